The first-order chi connectivity index (χ1) is 17.0. The number of nitrogens with one attached hydrogen (secondary N) is 2. The Morgan fingerprint density at radius 3 is 2.34 bits per heavy atom. The van der Waals surface area contributed by atoms with Crippen LogP contribution in [0.2, 0.25) is 0 Å². The number of ether oxygens (including phenoxy) is 2. The summed E-state index contributed by atoms with van der Waals surface area (Å²) >= 11 is 0. The van der Waals surface area contributed by atoms with Crippen LogP contribution < -0.4 is 10.6 Å². The Morgan fingerprint density at radius 2 is 1.74 bits per heavy atom. The Bertz CT molecular complexity index is 1030. The van der Waals surface area contributed by atoms with Crippen molar-refractivity contribution in [3.8, 4) is 11.1 Å². The minimum atomic E-state index is -0.892. The van der Waals surface area contributed by atoms with Crippen LogP contribution in [0.4, 0.5) is 4.79 Å². The number of carboxylic acid groups (broad SMARTS) is 1. The van der Waals surface area contributed by atoms with Gasteiger partial charge >= 0.3 is 12.1 Å². The van der Waals surface area contributed by atoms with E-state index in [2.05, 4.69) is 34.9 Å². The number of aliphatic carboxylic acids is 1. The number of alkyl carbamates (subject to hydrolysis) is 1. The average Bonchev–Trinajstić information content (AvgIpc) is 3.47. The van der Waals surface area contributed by atoms with Gasteiger partial charge in [0.25, 0.3) is 0 Å². The zero-order valence-electron chi connectivity index (χ0n) is 19.9. The van der Waals surface area contributed by atoms with Crippen LogP contribution in [0.15, 0.2) is 48.5 Å². The van der Waals surface area contributed by atoms with Gasteiger partial charge in [0.1, 0.15) is 12.6 Å². The molecule has 1 aliphatic heterocycles. The highest BCUT2D eigenvalue weighted by atomic mass is 16.5. The topological polar surface area (TPSA) is 114 Å². The molecule has 0 saturated carbocycles. The summed E-state index contributed by atoms with van der Waals surface area (Å²) in [5.74, 6) is -1.82. The normalized spacial score (nSPS) is 19.5. The molecule has 0 unspecified atom stereocenters. The minimum Gasteiger partial charge on any atom is -0.481 e. The molecule has 3 N–H and O–H groups in total. The van der Waals surface area contributed by atoms with Crippen molar-refractivity contribution in [3.63, 3.8) is 0 Å². The maximum Gasteiger partial charge on any atom is 0.407 e. The zero-order valence-corrected chi connectivity index (χ0v) is 19.9. The Balaban J connectivity index is 1.32. The van der Waals surface area contributed by atoms with Crippen molar-refractivity contribution in [3.05, 3.63) is 59.7 Å². The summed E-state index contributed by atoms with van der Waals surface area (Å²) in [6.07, 6.45) is 1.50. The van der Waals surface area contributed by atoms with Crippen molar-refractivity contribution < 1.29 is 29.0 Å². The molecule has 2 aromatic rings. The quantitative estimate of drug-likeness (QED) is 0.478. The van der Waals surface area contributed by atoms with E-state index < -0.39 is 24.0 Å². The van der Waals surface area contributed by atoms with Gasteiger partial charge in [-0.3, -0.25) is 9.59 Å². The molecular formula is C27H32N2O6. The molecule has 0 spiro atoms. The van der Waals surface area contributed by atoms with E-state index in [0.717, 1.165) is 35.1 Å². The summed E-state index contributed by atoms with van der Waals surface area (Å²) in [6, 6.07) is 15.5. The van der Waals surface area contributed by atoms with Crippen LogP contribution in [0.25, 0.3) is 11.1 Å². The monoisotopic (exact) mass is 480 g/mol. The largest absolute Gasteiger partial charge is 0.481 e. The molecule has 3 atom stereocenters. The van der Waals surface area contributed by atoms with Gasteiger partial charge in [0.05, 0.1) is 18.6 Å². The molecule has 8 heteroatoms. The molecule has 1 saturated heterocycles. The first-order valence-corrected chi connectivity index (χ1v) is 12.2. The fourth-order valence-electron chi connectivity index (χ4n) is 4.82. The van der Waals surface area contributed by atoms with E-state index in [1.807, 2.05) is 31.2 Å². The second-order valence-electron chi connectivity index (χ2n) is 9.14. The van der Waals surface area contributed by atoms with Crippen molar-refractivity contribution in [1.29, 1.82) is 0 Å². The summed E-state index contributed by atoms with van der Waals surface area (Å²) < 4.78 is 11.1. The fraction of sp³-hybridized carbons (Fsp3) is 0.444. The summed E-state index contributed by atoms with van der Waals surface area (Å²) in [5.41, 5.74) is 4.55. The van der Waals surface area contributed by atoms with Crippen molar-refractivity contribution in [2.24, 2.45) is 5.92 Å². The van der Waals surface area contributed by atoms with Crippen molar-refractivity contribution in [2.75, 3.05) is 19.8 Å². The van der Waals surface area contributed by atoms with Gasteiger partial charge in [-0.15, -0.1) is 0 Å². The van der Waals surface area contributed by atoms with Crippen LogP contribution in [-0.4, -0.2) is 55.0 Å². The number of hydrogen-bond acceptors (Lipinski definition) is 5. The number of fused-ring (bicyclic) bond motifs is 3. The second-order valence-corrected chi connectivity index (χ2v) is 9.14. The molecule has 0 aromatic heterocycles. The number of carbonyl (C=O) groups is 3. The lowest BCUT2D eigenvalue weighted by atomic mass is 9.98. The van der Waals surface area contributed by atoms with E-state index in [0.29, 0.717) is 12.8 Å². The standard InChI is InChI=1S/C27H32N2O6/c1-2-3-12-24(25(30)28-14-18-13-17(15-34-18)26(31)32)29-27(33)35-16-23-21-10-6-4-8-19(21)20-9-5-7-11-22(20)23/h4-11,17-18,23-24H,2-3,12-16H2,1H3,(H,28,30)(H,29,33)(H,31,32)/t17-,18-,24-/m0/s1. The Hall–Kier alpha value is -3.39. The predicted octanol–water partition coefficient (Wildman–Crippen LogP) is 3.69. The maximum atomic E-state index is 12.8. The number of hydrogen-bond donors (Lipinski definition) is 3. The molecule has 0 radical (unpaired) electrons. The minimum absolute atomic E-state index is 0.0576. The van der Waals surface area contributed by atoms with Crippen LogP contribution in [0, 0.1) is 5.92 Å². The highest BCUT2D eigenvalue weighted by molar-refractivity contribution is 5.85. The third kappa shape index (κ3) is 5.82. The number of carbonyl (C=O) groups excluding carboxylic acids is 2. The van der Waals surface area contributed by atoms with Gasteiger partial charge in [0.15, 0.2) is 0 Å². The van der Waals surface area contributed by atoms with Crippen molar-refractivity contribution in [1.82, 2.24) is 10.6 Å². The number of unbranched alkanes of at least 4 members (excludes halogenated alkanes) is 1. The van der Waals surface area contributed by atoms with E-state index in [1.165, 1.54) is 0 Å². The summed E-state index contributed by atoms with van der Waals surface area (Å²) in [6.45, 7) is 2.54. The van der Waals surface area contributed by atoms with Gasteiger partial charge in [-0.1, -0.05) is 68.3 Å². The van der Waals surface area contributed by atoms with Crippen LogP contribution in [0.3, 0.4) is 0 Å². The summed E-state index contributed by atoms with van der Waals surface area (Å²) in [7, 11) is 0. The lowest BCUT2D eigenvalue weighted by Crippen LogP contribution is -2.48. The van der Waals surface area contributed by atoms with Gasteiger partial charge in [-0.05, 0) is 35.1 Å². The molecule has 1 aliphatic carbocycles. The number of rotatable bonds is 10. The van der Waals surface area contributed by atoms with E-state index in [1.54, 1.807) is 0 Å². The van der Waals surface area contributed by atoms with Crippen LogP contribution in [-0.2, 0) is 19.1 Å². The molecule has 2 aromatic carbocycles. The first-order valence-electron chi connectivity index (χ1n) is 12.2. The highest BCUT2D eigenvalue weighted by Crippen LogP contribution is 2.44. The van der Waals surface area contributed by atoms with E-state index in [-0.39, 0.29) is 37.7 Å². The first kappa shape index (κ1) is 24.7. The Morgan fingerprint density at radius 1 is 1.09 bits per heavy atom. The van der Waals surface area contributed by atoms with Gasteiger partial charge < -0.3 is 25.2 Å². The molecule has 1 heterocycles. The summed E-state index contributed by atoms with van der Waals surface area (Å²) in [4.78, 5) is 36.6. The number of benzene rings is 2. The molecule has 2 aliphatic rings. The third-order valence-electron chi connectivity index (χ3n) is 6.73. The SMILES string of the molecule is CCCC[C@H](NC(=O)OCC1c2ccccc2-c2ccccc21)C(=O)NC[C@@H]1C[C@H](C(=O)O)CO1. The molecule has 1 fully saturated rings. The van der Waals surface area contributed by atoms with Crippen LogP contribution in [0.1, 0.15) is 49.7 Å². The lowest BCUT2D eigenvalue weighted by Gasteiger charge is -2.20. The zero-order chi connectivity index (χ0) is 24.8. The van der Waals surface area contributed by atoms with Crippen LogP contribution in [0.5, 0.6) is 0 Å². The molecule has 186 valence electrons. The van der Waals surface area contributed by atoms with Gasteiger partial charge in [0, 0.05) is 12.5 Å². The highest BCUT2D eigenvalue weighted by Gasteiger charge is 2.32. The molecule has 35 heavy (non-hydrogen) atoms. The van der Waals surface area contributed by atoms with Crippen LogP contribution >= 0.6 is 0 Å². The van der Waals surface area contributed by atoms with Gasteiger partial charge in [0.2, 0.25) is 5.91 Å². The molecule has 0 bridgehead atoms. The summed E-state index contributed by atoms with van der Waals surface area (Å²) in [5, 5.41) is 14.6. The fourth-order valence-corrected chi connectivity index (χ4v) is 4.82. The smallest absolute Gasteiger partial charge is 0.407 e. The van der Waals surface area contributed by atoms with Gasteiger partial charge in [-0.2, -0.15) is 0 Å². The maximum absolute atomic E-state index is 12.8. The molecule has 8 nitrogen and oxygen atoms in total. The molecular weight excluding hydrogens is 448 g/mol. The third-order valence-corrected chi connectivity index (χ3v) is 6.73. The molecule has 4 rings (SSSR count). The molecule has 2 amide bonds. The number of carboxylic acids is 1. The van der Waals surface area contributed by atoms with E-state index in [4.69, 9.17) is 14.6 Å². The van der Waals surface area contributed by atoms with Crippen molar-refractivity contribution >= 4 is 18.0 Å². The predicted molar refractivity (Wildman–Crippen MR) is 130 cm³/mol. The van der Waals surface area contributed by atoms with E-state index >= 15 is 0 Å². The van der Waals surface area contributed by atoms with Gasteiger partial charge in [-0.25, -0.2) is 4.79 Å². The Labute approximate surface area is 205 Å². The van der Waals surface area contributed by atoms with Crippen molar-refractivity contribution in [2.45, 2.75) is 50.7 Å². The average molecular weight is 481 g/mol. The second kappa shape index (κ2) is 11.4. The number of amides is 2. The van der Waals surface area contributed by atoms with E-state index in [9.17, 15) is 14.4 Å². The lowest BCUT2D eigenvalue weighted by molar-refractivity contribution is -0.141. The Kier molecular flexibility index (Phi) is 8.02.